The molecule has 0 unspecified atom stereocenters. The third-order valence-electron chi connectivity index (χ3n) is 3.93. The van der Waals surface area contributed by atoms with Crippen molar-refractivity contribution in [3.05, 3.63) is 58.9 Å². The summed E-state index contributed by atoms with van der Waals surface area (Å²) in [5.74, 6) is -0.483. The fourth-order valence-electron chi connectivity index (χ4n) is 2.52. The summed E-state index contributed by atoms with van der Waals surface area (Å²) in [6.07, 6.45) is 1.46. The molecule has 136 valence electrons. The molecule has 0 radical (unpaired) electrons. The largest absolute Gasteiger partial charge is 0.493 e. The lowest BCUT2D eigenvalue weighted by Crippen LogP contribution is -2.16. The van der Waals surface area contributed by atoms with E-state index in [0.717, 1.165) is 0 Å². The number of furan rings is 1. The van der Waals surface area contributed by atoms with Crippen molar-refractivity contribution in [1.82, 2.24) is 0 Å². The number of aliphatic hydroxyl groups is 1. The zero-order valence-corrected chi connectivity index (χ0v) is 14.8. The highest BCUT2D eigenvalue weighted by Crippen LogP contribution is 2.27. The molecule has 1 aliphatic heterocycles. The molecule has 1 aliphatic rings. The smallest absolute Gasteiger partial charge is 0.291 e. The third kappa shape index (κ3) is 3.57. The molecule has 0 spiro atoms. The van der Waals surface area contributed by atoms with E-state index in [4.69, 9.17) is 14.8 Å². The molecular weight excluding hydrogens is 370 g/mol. The van der Waals surface area contributed by atoms with E-state index in [9.17, 15) is 18.3 Å². The van der Waals surface area contributed by atoms with E-state index in [0.29, 0.717) is 22.7 Å². The Morgan fingerprint density at radius 3 is 2.48 bits per heavy atom. The van der Waals surface area contributed by atoms with Crippen LogP contribution in [0.15, 0.2) is 67.4 Å². The van der Waals surface area contributed by atoms with E-state index >= 15 is 0 Å². The number of primary sulfonamides is 1. The number of carbonyl (C=O) groups is 1. The van der Waals surface area contributed by atoms with Crippen LogP contribution in [0.5, 0.6) is 0 Å². The van der Waals surface area contributed by atoms with Crippen LogP contribution in [0.4, 0.5) is 0 Å². The van der Waals surface area contributed by atoms with E-state index in [-0.39, 0.29) is 16.0 Å². The number of nitrogens with zero attached hydrogens (tertiary/aromatic N) is 2. The standard InChI is InChI=1S/C18H13N3O5S/c1-10-14(17(22)21-18(23)15(10)9-19)8-12-4-7-16(26-12)11-2-5-13(6-3-11)27(20,24)25/h2-8H,1H3,(H2,20,24,25)(H,21,22,23)/b14-8-. The molecule has 0 saturated heterocycles. The number of hydrogen-bond donors (Lipinski definition) is 2. The quantitative estimate of drug-likeness (QED) is 0.831. The molecule has 1 aromatic carbocycles. The van der Waals surface area contributed by atoms with Gasteiger partial charge in [-0.05, 0) is 55.0 Å². The first-order chi connectivity index (χ1) is 12.7. The van der Waals surface area contributed by atoms with Gasteiger partial charge in [0, 0.05) is 11.1 Å². The van der Waals surface area contributed by atoms with Crippen LogP contribution >= 0.6 is 0 Å². The van der Waals surface area contributed by atoms with Gasteiger partial charge in [0.1, 0.15) is 23.2 Å². The van der Waals surface area contributed by atoms with Gasteiger partial charge in [-0.1, -0.05) is 0 Å². The van der Waals surface area contributed by atoms with Crippen LogP contribution in [0, 0.1) is 11.3 Å². The fraction of sp³-hybridized carbons (Fsp3) is 0.0556. The van der Waals surface area contributed by atoms with Crippen molar-refractivity contribution >= 4 is 27.9 Å². The van der Waals surface area contributed by atoms with Crippen molar-refractivity contribution in [1.29, 1.82) is 5.26 Å². The van der Waals surface area contributed by atoms with E-state index in [1.165, 1.54) is 25.1 Å². The number of dihydropyridines is 1. The summed E-state index contributed by atoms with van der Waals surface area (Å²) in [4.78, 5) is 15.0. The third-order valence-corrected chi connectivity index (χ3v) is 4.86. The maximum Gasteiger partial charge on any atom is 0.291 e. The zero-order chi connectivity index (χ0) is 19.8. The Hall–Kier alpha value is -3.48. The van der Waals surface area contributed by atoms with Crippen molar-refractivity contribution < 1.29 is 22.7 Å². The Kier molecular flexibility index (Phi) is 4.53. The van der Waals surface area contributed by atoms with Crippen molar-refractivity contribution in [2.24, 2.45) is 10.1 Å². The summed E-state index contributed by atoms with van der Waals surface area (Å²) in [6.45, 7) is 1.53. The van der Waals surface area contributed by atoms with Crippen LogP contribution in [0.1, 0.15) is 12.7 Å². The van der Waals surface area contributed by atoms with Crippen LogP contribution in [-0.2, 0) is 14.8 Å². The number of carbonyl (C=O) groups excluding carboxylic acids is 1. The number of aliphatic hydroxyl groups excluding tert-OH is 1. The average molecular weight is 383 g/mol. The van der Waals surface area contributed by atoms with Gasteiger partial charge in [0.25, 0.3) is 5.91 Å². The number of aliphatic imine (C=N–C) groups is 1. The Morgan fingerprint density at radius 1 is 1.22 bits per heavy atom. The Labute approximate surface area is 154 Å². The molecule has 1 amide bonds. The second-order valence-corrected chi connectivity index (χ2v) is 7.24. The zero-order valence-electron chi connectivity index (χ0n) is 14.0. The van der Waals surface area contributed by atoms with E-state index in [1.807, 2.05) is 0 Å². The van der Waals surface area contributed by atoms with Gasteiger partial charge >= 0.3 is 0 Å². The minimum atomic E-state index is -3.78. The number of nitriles is 1. The van der Waals surface area contributed by atoms with Gasteiger partial charge in [-0.15, -0.1) is 0 Å². The molecule has 0 fully saturated rings. The number of benzene rings is 1. The van der Waals surface area contributed by atoms with Gasteiger partial charge in [0.2, 0.25) is 15.9 Å². The summed E-state index contributed by atoms with van der Waals surface area (Å²) in [7, 11) is -3.78. The Morgan fingerprint density at radius 2 is 1.89 bits per heavy atom. The first-order valence-corrected chi connectivity index (χ1v) is 9.14. The topological polar surface area (TPSA) is 147 Å². The number of hydrogen-bond acceptors (Lipinski definition) is 5. The van der Waals surface area contributed by atoms with Crippen LogP contribution < -0.4 is 5.14 Å². The van der Waals surface area contributed by atoms with Crippen molar-refractivity contribution in [2.45, 2.75) is 11.8 Å². The minimum Gasteiger partial charge on any atom is -0.493 e. The van der Waals surface area contributed by atoms with Crippen molar-refractivity contribution in [3.8, 4) is 17.4 Å². The van der Waals surface area contributed by atoms with Crippen molar-refractivity contribution in [3.63, 3.8) is 0 Å². The van der Waals surface area contributed by atoms with E-state index < -0.39 is 21.8 Å². The van der Waals surface area contributed by atoms with Gasteiger partial charge in [-0.3, -0.25) is 4.79 Å². The molecule has 9 heteroatoms. The highest BCUT2D eigenvalue weighted by atomic mass is 32.2. The highest BCUT2D eigenvalue weighted by molar-refractivity contribution is 7.89. The molecular formula is C18H13N3O5S. The lowest BCUT2D eigenvalue weighted by molar-refractivity contribution is -0.114. The maximum atomic E-state index is 11.6. The summed E-state index contributed by atoms with van der Waals surface area (Å²) >= 11 is 0. The first-order valence-electron chi connectivity index (χ1n) is 7.59. The predicted molar refractivity (Wildman–Crippen MR) is 96.9 cm³/mol. The second kappa shape index (κ2) is 6.68. The number of sulfonamides is 1. The van der Waals surface area contributed by atoms with Gasteiger partial charge < -0.3 is 9.52 Å². The normalized spacial score (nSPS) is 16.4. The maximum absolute atomic E-state index is 11.6. The lowest BCUT2D eigenvalue weighted by Gasteiger charge is -2.11. The number of amides is 1. The molecule has 0 saturated carbocycles. The fourth-order valence-corrected chi connectivity index (χ4v) is 3.03. The molecule has 3 N–H and O–H groups in total. The van der Waals surface area contributed by atoms with E-state index in [1.54, 1.807) is 30.3 Å². The van der Waals surface area contributed by atoms with Gasteiger partial charge in [-0.2, -0.15) is 10.3 Å². The molecule has 0 bridgehead atoms. The van der Waals surface area contributed by atoms with Crippen LogP contribution in [0.2, 0.25) is 0 Å². The van der Waals surface area contributed by atoms with Crippen LogP contribution in [0.3, 0.4) is 0 Å². The summed E-state index contributed by atoms with van der Waals surface area (Å²) in [5.41, 5.74) is 0.972. The molecule has 2 heterocycles. The molecule has 3 rings (SSSR count). The lowest BCUT2D eigenvalue weighted by atomic mass is 9.98. The first kappa shape index (κ1) is 18.3. The van der Waals surface area contributed by atoms with Crippen LogP contribution in [0.25, 0.3) is 17.4 Å². The van der Waals surface area contributed by atoms with Gasteiger partial charge in [0.15, 0.2) is 0 Å². The predicted octanol–water partition coefficient (Wildman–Crippen LogP) is 2.31. The Balaban J connectivity index is 1.96. The monoisotopic (exact) mass is 383 g/mol. The number of rotatable bonds is 3. The molecule has 0 aliphatic carbocycles. The van der Waals surface area contributed by atoms with E-state index in [2.05, 4.69) is 4.99 Å². The summed E-state index contributed by atoms with van der Waals surface area (Å²) in [5, 5.41) is 24.0. The highest BCUT2D eigenvalue weighted by Gasteiger charge is 2.24. The van der Waals surface area contributed by atoms with Crippen LogP contribution in [-0.4, -0.2) is 25.3 Å². The van der Waals surface area contributed by atoms with Crippen molar-refractivity contribution in [2.75, 3.05) is 0 Å². The molecule has 27 heavy (non-hydrogen) atoms. The average Bonchev–Trinajstić information content (AvgIpc) is 3.07. The molecule has 2 aromatic rings. The molecule has 1 aromatic heterocycles. The SMILES string of the molecule is CC1=C(C#N)C(=O)N=C(O)/C1=C\c1ccc(-c2ccc(S(N)(=O)=O)cc2)o1. The summed E-state index contributed by atoms with van der Waals surface area (Å²) < 4.78 is 28.3. The van der Waals surface area contributed by atoms with Gasteiger partial charge in [0.05, 0.1) is 4.90 Å². The second-order valence-electron chi connectivity index (χ2n) is 5.68. The molecule has 0 atom stereocenters. The summed E-state index contributed by atoms with van der Waals surface area (Å²) in [6, 6.07) is 10.9. The van der Waals surface area contributed by atoms with Gasteiger partial charge in [-0.25, -0.2) is 13.6 Å². The number of nitrogens with two attached hydrogens (primary N) is 1. The Bertz CT molecular complexity index is 1180. The minimum absolute atomic E-state index is 0.0158. The molecule has 8 nitrogen and oxygen atoms in total.